The van der Waals surface area contributed by atoms with Gasteiger partial charge in [0.2, 0.25) is 0 Å². The first-order chi connectivity index (χ1) is 14.2. The van der Waals surface area contributed by atoms with Crippen LogP contribution in [-0.2, 0) is 0 Å². The van der Waals surface area contributed by atoms with Crippen molar-refractivity contribution < 1.29 is 0 Å². The molecule has 0 aliphatic carbocycles. The molecule has 0 N–H and O–H groups in total. The highest BCUT2D eigenvalue weighted by Crippen LogP contribution is 2.38. The van der Waals surface area contributed by atoms with Crippen LogP contribution in [0.25, 0.3) is 31.3 Å². The third kappa shape index (κ3) is 3.76. The molecular formula is C26H14Br2S. The molecule has 0 saturated heterocycles. The average molecular weight is 518 g/mol. The lowest BCUT2D eigenvalue weighted by Crippen LogP contribution is -1.85. The summed E-state index contributed by atoms with van der Waals surface area (Å²) >= 11 is 9.00. The molecule has 1 aromatic heterocycles. The van der Waals surface area contributed by atoms with Crippen LogP contribution in [0.5, 0.6) is 0 Å². The molecule has 0 atom stereocenters. The van der Waals surface area contributed by atoms with E-state index in [1.807, 2.05) is 41.7 Å². The van der Waals surface area contributed by atoms with E-state index in [0.717, 1.165) is 25.6 Å². The van der Waals surface area contributed by atoms with E-state index < -0.39 is 0 Å². The normalized spacial score (nSPS) is 10.8. The van der Waals surface area contributed by atoms with Gasteiger partial charge in [-0.1, -0.05) is 86.2 Å². The van der Waals surface area contributed by atoms with Gasteiger partial charge >= 0.3 is 0 Å². The van der Waals surface area contributed by atoms with Gasteiger partial charge in [0.1, 0.15) is 0 Å². The summed E-state index contributed by atoms with van der Waals surface area (Å²) in [6.45, 7) is 0. The average Bonchev–Trinajstić information content (AvgIpc) is 3.09. The summed E-state index contributed by atoms with van der Waals surface area (Å²) in [6.07, 6.45) is 0. The van der Waals surface area contributed by atoms with Crippen LogP contribution in [-0.4, -0.2) is 0 Å². The maximum absolute atomic E-state index is 3.59. The van der Waals surface area contributed by atoms with Gasteiger partial charge < -0.3 is 0 Å². The summed E-state index contributed by atoms with van der Waals surface area (Å²) in [7, 11) is 0. The number of thiophene rings is 1. The third-order valence-electron chi connectivity index (χ3n) is 4.84. The SMILES string of the molecule is Brc1ccc(-c2ccc3c(c2)sc2cc(Br)ccc23)c(C#Cc2ccccc2)c1. The van der Waals surface area contributed by atoms with Crippen molar-refractivity contribution >= 4 is 63.4 Å². The smallest absolute Gasteiger partial charge is 0.0366 e. The van der Waals surface area contributed by atoms with E-state index in [-0.39, 0.29) is 0 Å². The Kier molecular flexibility index (Phi) is 5.01. The maximum atomic E-state index is 3.59. The Morgan fingerprint density at radius 1 is 0.621 bits per heavy atom. The highest BCUT2D eigenvalue weighted by Gasteiger charge is 2.09. The fourth-order valence-corrected chi connectivity index (χ4v) is 5.51. The monoisotopic (exact) mass is 516 g/mol. The number of halogens is 2. The van der Waals surface area contributed by atoms with Gasteiger partial charge in [0.15, 0.2) is 0 Å². The molecule has 0 aliphatic heterocycles. The summed E-state index contributed by atoms with van der Waals surface area (Å²) in [5.74, 6) is 6.66. The zero-order valence-corrected chi connectivity index (χ0v) is 19.2. The molecule has 0 radical (unpaired) electrons. The molecule has 0 spiro atoms. The lowest BCUT2D eigenvalue weighted by atomic mass is 9.98. The molecule has 0 saturated carbocycles. The molecule has 0 fully saturated rings. The highest BCUT2D eigenvalue weighted by molar-refractivity contribution is 9.10. The Morgan fingerprint density at radius 3 is 2.14 bits per heavy atom. The first kappa shape index (κ1) is 18.6. The molecule has 5 aromatic rings. The number of rotatable bonds is 1. The second-order valence-corrected chi connectivity index (χ2v) is 9.67. The Labute approximate surface area is 190 Å². The Bertz CT molecular complexity index is 1420. The number of hydrogen-bond acceptors (Lipinski definition) is 1. The van der Waals surface area contributed by atoms with Crippen LogP contribution in [0.3, 0.4) is 0 Å². The molecule has 0 unspecified atom stereocenters. The largest absolute Gasteiger partial charge is 0.135 e. The Balaban J connectivity index is 1.65. The van der Waals surface area contributed by atoms with Crippen molar-refractivity contribution in [3.05, 3.63) is 105 Å². The zero-order valence-electron chi connectivity index (χ0n) is 15.2. The summed E-state index contributed by atoms with van der Waals surface area (Å²) < 4.78 is 4.74. The quantitative estimate of drug-likeness (QED) is 0.195. The fraction of sp³-hybridized carbons (Fsp3) is 0. The van der Waals surface area contributed by atoms with Crippen molar-refractivity contribution in [2.75, 3.05) is 0 Å². The summed E-state index contributed by atoms with van der Waals surface area (Å²) in [6, 6.07) is 29.6. The summed E-state index contributed by atoms with van der Waals surface area (Å²) in [5, 5.41) is 2.61. The van der Waals surface area contributed by atoms with E-state index in [2.05, 4.69) is 98.3 Å². The van der Waals surface area contributed by atoms with Gasteiger partial charge in [0.25, 0.3) is 0 Å². The van der Waals surface area contributed by atoms with Gasteiger partial charge in [0, 0.05) is 40.2 Å². The molecule has 138 valence electrons. The molecule has 3 heteroatoms. The van der Waals surface area contributed by atoms with Crippen molar-refractivity contribution in [1.29, 1.82) is 0 Å². The predicted octanol–water partition coefficient (Wildman–Crippen LogP) is 8.65. The van der Waals surface area contributed by atoms with Crippen LogP contribution in [0, 0.1) is 11.8 Å². The zero-order chi connectivity index (χ0) is 19.8. The lowest BCUT2D eigenvalue weighted by Gasteiger charge is -2.06. The molecule has 4 aromatic carbocycles. The van der Waals surface area contributed by atoms with Crippen LogP contribution in [0.15, 0.2) is 93.9 Å². The van der Waals surface area contributed by atoms with E-state index in [0.29, 0.717) is 0 Å². The van der Waals surface area contributed by atoms with Crippen molar-refractivity contribution in [2.45, 2.75) is 0 Å². The molecule has 0 nitrogen and oxygen atoms in total. The molecule has 1 heterocycles. The first-order valence-corrected chi connectivity index (χ1v) is 11.6. The van der Waals surface area contributed by atoms with E-state index in [4.69, 9.17) is 0 Å². The molecule has 0 bridgehead atoms. The van der Waals surface area contributed by atoms with E-state index in [1.165, 1.54) is 25.7 Å². The van der Waals surface area contributed by atoms with Gasteiger partial charge in [-0.05, 0) is 53.6 Å². The van der Waals surface area contributed by atoms with Crippen molar-refractivity contribution in [3.8, 4) is 23.0 Å². The topological polar surface area (TPSA) is 0 Å². The molecule has 5 rings (SSSR count). The summed E-state index contributed by atoms with van der Waals surface area (Å²) in [5.41, 5.74) is 4.38. The van der Waals surface area contributed by atoms with E-state index in [1.54, 1.807) is 0 Å². The lowest BCUT2D eigenvalue weighted by molar-refractivity contribution is 1.57. The third-order valence-corrected chi connectivity index (χ3v) is 6.95. The van der Waals surface area contributed by atoms with Gasteiger partial charge in [0.05, 0.1) is 0 Å². The van der Waals surface area contributed by atoms with Crippen LogP contribution in [0.2, 0.25) is 0 Å². The van der Waals surface area contributed by atoms with Crippen LogP contribution < -0.4 is 0 Å². The van der Waals surface area contributed by atoms with Gasteiger partial charge in [-0.15, -0.1) is 11.3 Å². The minimum Gasteiger partial charge on any atom is -0.135 e. The molecule has 0 amide bonds. The molecule has 29 heavy (non-hydrogen) atoms. The Hall–Kier alpha value is -2.38. The van der Waals surface area contributed by atoms with Crippen molar-refractivity contribution in [1.82, 2.24) is 0 Å². The van der Waals surface area contributed by atoms with E-state index >= 15 is 0 Å². The number of benzene rings is 4. The predicted molar refractivity (Wildman–Crippen MR) is 133 cm³/mol. The fourth-order valence-electron chi connectivity index (χ4n) is 3.45. The molecule has 0 aliphatic rings. The number of fused-ring (bicyclic) bond motifs is 3. The van der Waals surface area contributed by atoms with Gasteiger partial charge in [-0.2, -0.15) is 0 Å². The van der Waals surface area contributed by atoms with Crippen molar-refractivity contribution in [2.24, 2.45) is 0 Å². The number of hydrogen-bond donors (Lipinski definition) is 0. The van der Waals surface area contributed by atoms with Crippen LogP contribution in [0.1, 0.15) is 11.1 Å². The minimum absolute atomic E-state index is 1.02. The maximum Gasteiger partial charge on any atom is 0.0366 e. The first-order valence-electron chi connectivity index (χ1n) is 9.16. The minimum atomic E-state index is 1.02. The second kappa shape index (κ2) is 7.80. The Morgan fingerprint density at radius 2 is 1.31 bits per heavy atom. The molecular weight excluding hydrogens is 504 g/mol. The second-order valence-electron chi connectivity index (χ2n) is 6.76. The summed E-state index contributed by atoms with van der Waals surface area (Å²) in [4.78, 5) is 0. The highest BCUT2D eigenvalue weighted by atomic mass is 79.9. The van der Waals surface area contributed by atoms with Crippen molar-refractivity contribution in [3.63, 3.8) is 0 Å². The van der Waals surface area contributed by atoms with Gasteiger partial charge in [-0.25, -0.2) is 0 Å². The van der Waals surface area contributed by atoms with Gasteiger partial charge in [-0.3, -0.25) is 0 Å². The van der Waals surface area contributed by atoms with Crippen LogP contribution >= 0.6 is 43.2 Å². The standard InChI is InChI=1S/C26H14Br2S/c27-20-9-12-22(18(14-20)7-6-17-4-2-1-3-5-17)19-8-11-23-24-13-10-21(28)16-26(24)29-25(23)15-19/h1-5,8-16H. The van der Waals surface area contributed by atoms with Crippen LogP contribution in [0.4, 0.5) is 0 Å². The van der Waals surface area contributed by atoms with E-state index in [9.17, 15) is 0 Å².